The molecule has 3 N–H and O–H groups in total. The molecule has 1 aliphatic heterocycles. The van der Waals surface area contributed by atoms with E-state index in [0.717, 1.165) is 31.5 Å². The molecular weight excluding hydrogens is 259 g/mol. The maximum atomic E-state index is 14.1. The van der Waals surface area contributed by atoms with E-state index in [1.807, 2.05) is 24.0 Å². The Kier molecular flexibility index (Phi) is 5.34. The van der Waals surface area contributed by atoms with Crippen LogP contribution < -0.4 is 10.6 Å². The molecule has 0 radical (unpaired) electrons. The third kappa shape index (κ3) is 3.69. The zero-order valence-corrected chi connectivity index (χ0v) is 11.9. The normalized spacial score (nSPS) is 18.3. The third-order valence-electron chi connectivity index (χ3n) is 3.73. The van der Waals surface area contributed by atoms with Crippen LogP contribution >= 0.6 is 0 Å². The molecular formula is C15H23FN2O2. The summed E-state index contributed by atoms with van der Waals surface area (Å²) in [7, 11) is 0. The number of anilines is 1. The standard InChI is InChI=1S/C15H23FN2O2/c1-11(17)12-2-3-15(14(16)10-12)18-6-4-13(5-7-18)20-9-8-19/h2-3,10-11,13,19H,4-9,17H2,1H3. The number of rotatable bonds is 5. The second-order valence-corrected chi connectivity index (χ2v) is 5.28. The number of aliphatic hydroxyl groups is 1. The topological polar surface area (TPSA) is 58.7 Å². The molecule has 0 saturated carbocycles. The van der Waals surface area contributed by atoms with Crippen LogP contribution in [0.5, 0.6) is 0 Å². The molecule has 1 fully saturated rings. The quantitative estimate of drug-likeness (QED) is 0.865. The predicted octanol–water partition coefficient (Wildman–Crippen LogP) is 1.82. The summed E-state index contributed by atoms with van der Waals surface area (Å²) in [5.41, 5.74) is 7.21. The summed E-state index contributed by atoms with van der Waals surface area (Å²) < 4.78 is 19.6. The zero-order chi connectivity index (χ0) is 14.5. The van der Waals surface area contributed by atoms with Crippen LogP contribution in [-0.2, 0) is 4.74 Å². The van der Waals surface area contributed by atoms with Crippen molar-refractivity contribution in [1.82, 2.24) is 0 Å². The van der Waals surface area contributed by atoms with E-state index in [-0.39, 0.29) is 24.6 Å². The van der Waals surface area contributed by atoms with Gasteiger partial charge >= 0.3 is 0 Å². The van der Waals surface area contributed by atoms with E-state index < -0.39 is 0 Å². The van der Waals surface area contributed by atoms with Crippen molar-refractivity contribution in [3.8, 4) is 0 Å². The Morgan fingerprint density at radius 1 is 1.45 bits per heavy atom. The number of nitrogens with two attached hydrogens (primary N) is 1. The highest BCUT2D eigenvalue weighted by molar-refractivity contribution is 5.50. The van der Waals surface area contributed by atoms with Gasteiger partial charge in [0.1, 0.15) is 5.82 Å². The van der Waals surface area contributed by atoms with E-state index >= 15 is 0 Å². The minimum absolute atomic E-state index is 0.0492. The Morgan fingerprint density at radius 3 is 2.70 bits per heavy atom. The molecule has 0 aromatic heterocycles. The highest BCUT2D eigenvalue weighted by Crippen LogP contribution is 2.26. The molecule has 1 saturated heterocycles. The van der Waals surface area contributed by atoms with Crippen LogP contribution in [0.2, 0.25) is 0 Å². The number of hydrogen-bond donors (Lipinski definition) is 2. The summed E-state index contributed by atoms with van der Waals surface area (Å²) >= 11 is 0. The lowest BCUT2D eigenvalue weighted by Gasteiger charge is -2.33. The molecule has 2 rings (SSSR count). The summed E-state index contributed by atoms with van der Waals surface area (Å²) in [6.45, 7) is 3.81. The van der Waals surface area contributed by atoms with Crippen LogP contribution in [0, 0.1) is 5.82 Å². The average molecular weight is 282 g/mol. The molecule has 1 heterocycles. The van der Waals surface area contributed by atoms with Gasteiger partial charge in [-0.2, -0.15) is 0 Å². The second-order valence-electron chi connectivity index (χ2n) is 5.28. The van der Waals surface area contributed by atoms with Crippen molar-refractivity contribution in [3.05, 3.63) is 29.6 Å². The highest BCUT2D eigenvalue weighted by atomic mass is 19.1. The number of hydrogen-bond acceptors (Lipinski definition) is 4. The number of nitrogens with zero attached hydrogens (tertiary/aromatic N) is 1. The maximum Gasteiger partial charge on any atom is 0.146 e. The molecule has 4 nitrogen and oxygen atoms in total. The summed E-state index contributed by atoms with van der Waals surface area (Å²) in [5.74, 6) is -0.213. The maximum absolute atomic E-state index is 14.1. The molecule has 1 unspecified atom stereocenters. The van der Waals surface area contributed by atoms with Gasteiger partial charge in [-0.15, -0.1) is 0 Å². The molecule has 1 aromatic carbocycles. The molecule has 1 aliphatic rings. The average Bonchev–Trinajstić information content (AvgIpc) is 2.45. The fourth-order valence-electron chi connectivity index (χ4n) is 2.55. The van der Waals surface area contributed by atoms with Crippen LogP contribution in [-0.4, -0.2) is 37.5 Å². The van der Waals surface area contributed by atoms with E-state index in [1.165, 1.54) is 6.07 Å². The first-order valence-corrected chi connectivity index (χ1v) is 7.14. The van der Waals surface area contributed by atoms with Gasteiger partial charge < -0.3 is 20.5 Å². The van der Waals surface area contributed by atoms with Gasteiger partial charge in [-0.3, -0.25) is 0 Å². The lowest BCUT2D eigenvalue weighted by molar-refractivity contribution is 0.0158. The molecule has 0 bridgehead atoms. The van der Waals surface area contributed by atoms with Crippen molar-refractivity contribution in [2.45, 2.75) is 31.9 Å². The van der Waals surface area contributed by atoms with Gasteiger partial charge in [-0.1, -0.05) is 6.07 Å². The van der Waals surface area contributed by atoms with Crippen molar-refractivity contribution >= 4 is 5.69 Å². The van der Waals surface area contributed by atoms with Crippen LogP contribution in [0.25, 0.3) is 0 Å². The first kappa shape index (κ1) is 15.2. The van der Waals surface area contributed by atoms with Gasteiger partial charge in [0.15, 0.2) is 0 Å². The number of piperidine rings is 1. The molecule has 5 heteroatoms. The minimum Gasteiger partial charge on any atom is -0.394 e. The smallest absolute Gasteiger partial charge is 0.146 e. The summed E-state index contributed by atoms with van der Waals surface area (Å²) in [4.78, 5) is 2.04. The highest BCUT2D eigenvalue weighted by Gasteiger charge is 2.21. The Labute approximate surface area is 119 Å². The van der Waals surface area contributed by atoms with E-state index in [9.17, 15) is 4.39 Å². The van der Waals surface area contributed by atoms with Gasteiger partial charge in [-0.05, 0) is 37.5 Å². The summed E-state index contributed by atoms with van der Waals surface area (Å²) in [6, 6.07) is 5.06. The number of aliphatic hydroxyl groups excluding tert-OH is 1. The molecule has 1 atom stereocenters. The van der Waals surface area contributed by atoms with Gasteiger partial charge in [0.2, 0.25) is 0 Å². The lowest BCUT2D eigenvalue weighted by Crippen LogP contribution is -2.37. The largest absolute Gasteiger partial charge is 0.394 e. The number of benzene rings is 1. The predicted molar refractivity (Wildman–Crippen MR) is 77.3 cm³/mol. The fourth-order valence-corrected chi connectivity index (χ4v) is 2.55. The molecule has 20 heavy (non-hydrogen) atoms. The Hall–Kier alpha value is -1.17. The monoisotopic (exact) mass is 282 g/mol. The van der Waals surface area contributed by atoms with Crippen molar-refractivity contribution < 1.29 is 14.2 Å². The number of halogens is 1. The van der Waals surface area contributed by atoms with Crippen LogP contribution in [0.1, 0.15) is 31.4 Å². The third-order valence-corrected chi connectivity index (χ3v) is 3.73. The minimum atomic E-state index is -0.213. The molecule has 1 aromatic rings. The molecule has 0 aliphatic carbocycles. The van der Waals surface area contributed by atoms with Crippen LogP contribution in [0.4, 0.5) is 10.1 Å². The number of ether oxygens (including phenoxy) is 1. The zero-order valence-electron chi connectivity index (χ0n) is 11.9. The first-order valence-electron chi connectivity index (χ1n) is 7.14. The lowest BCUT2D eigenvalue weighted by atomic mass is 10.0. The molecule has 112 valence electrons. The van der Waals surface area contributed by atoms with Crippen molar-refractivity contribution in [3.63, 3.8) is 0 Å². The first-order chi connectivity index (χ1) is 9.61. The Morgan fingerprint density at radius 2 is 2.15 bits per heavy atom. The van der Waals surface area contributed by atoms with Gasteiger partial charge in [0.25, 0.3) is 0 Å². The SMILES string of the molecule is CC(N)c1ccc(N2CCC(OCCO)CC2)c(F)c1. The molecule has 0 amide bonds. The van der Waals surface area contributed by atoms with Gasteiger partial charge in [0.05, 0.1) is 25.0 Å². The van der Waals surface area contributed by atoms with Crippen molar-refractivity contribution in [2.24, 2.45) is 5.73 Å². The Balaban J connectivity index is 1.96. The van der Waals surface area contributed by atoms with E-state index in [2.05, 4.69) is 0 Å². The van der Waals surface area contributed by atoms with Gasteiger partial charge in [0, 0.05) is 19.1 Å². The van der Waals surface area contributed by atoms with Gasteiger partial charge in [-0.25, -0.2) is 4.39 Å². The van der Waals surface area contributed by atoms with E-state index in [1.54, 1.807) is 0 Å². The summed E-state index contributed by atoms with van der Waals surface area (Å²) in [6.07, 6.45) is 1.88. The van der Waals surface area contributed by atoms with Crippen LogP contribution in [0.15, 0.2) is 18.2 Å². The second kappa shape index (κ2) is 7.02. The molecule has 0 spiro atoms. The fraction of sp³-hybridized carbons (Fsp3) is 0.600. The van der Waals surface area contributed by atoms with E-state index in [0.29, 0.717) is 12.3 Å². The van der Waals surface area contributed by atoms with Crippen molar-refractivity contribution in [2.75, 3.05) is 31.2 Å². The van der Waals surface area contributed by atoms with E-state index in [4.69, 9.17) is 15.6 Å². The van der Waals surface area contributed by atoms with Crippen molar-refractivity contribution in [1.29, 1.82) is 0 Å². The van der Waals surface area contributed by atoms with Crippen LogP contribution in [0.3, 0.4) is 0 Å². The Bertz CT molecular complexity index is 432. The summed E-state index contributed by atoms with van der Waals surface area (Å²) in [5, 5.41) is 8.74.